The Morgan fingerprint density at radius 3 is 2.55 bits per heavy atom. The van der Waals surface area contributed by atoms with Crippen molar-refractivity contribution in [1.82, 2.24) is 5.32 Å². The van der Waals surface area contributed by atoms with Crippen molar-refractivity contribution in [3.63, 3.8) is 0 Å². The molecule has 3 rings (SSSR count). The summed E-state index contributed by atoms with van der Waals surface area (Å²) in [4.78, 5) is 46.5. The molecule has 154 valence electrons. The van der Waals surface area contributed by atoms with Gasteiger partial charge in [-0.05, 0) is 56.4 Å². The number of benzene rings is 1. The summed E-state index contributed by atoms with van der Waals surface area (Å²) in [5, 5.41) is 20.7. The Kier molecular flexibility index (Phi) is 5.58. The first-order valence-electron chi connectivity index (χ1n) is 9.18. The maximum Gasteiger partial charge on any atom is 0.339 e. The maximum absolute atomic E-state index is 12.4. The maximum atomic E-state index is 12.4. The topological polar surface area (TPSA) is 143 Å². The number of carboxylic acid groups (broad SMARTS) is 2. The highest BCUT2D eigenvalue weighted by atomic mass is 16.5. The standard InChI is InChI=1S/C20H21NO8/c1-9-6-14(17-11-4-3-5-12(11)20(27)29-15(17)7-9)28-10(2)18(24)21-13(19(25)26)8-16(22)23/h6-7,10,13H,3-5,8H2,1-2H3,(H,21,24)(H,22,23)(H,25,26)/t10-,13+/m1/s1. The predicted molar refractivity (Wildman–Crippen MR) is 101 cm³/mol. The van der Waals surface area contributed by atoms with E-state index in [9.17, 15) is 19.2 Å². The quantitative estimate of drug-likeness (QED) is 0.589. The highest BCUT2D eigenvalue weighted by molar-refractivity contribution is 5.91. The number of nitrogens with one attached hydrogen (secondary N) is 1. The number of hydrogen-bond donors (Lipinski definition) is 3. The van der Waals surface area contributed by atoms with Crippen LogP contribution in [0.1, 0.15) is 36.5 Å². The summed E-state index contributed by atoms with van der Waals surface area (Å²) in [5.41, 5.74) is 2.21. The summed E-state index contributed by atoms with van der Waals surface area (Å²) in [6, 6.07) is 1.87. The summed E-state index contributed by atoms with van der Waals surface area (Å²) >= 11 is 0. The molecular weight excluding hydrogens is 382 g/mol. The van der Waals surface area contributed by atoms with Gasteiger partial charge >= 0.3 is 17.6 Å². The van der Waals surface area contributed by atoms with Gasteiger partial charge in [-0.3, -0.25) is 9.59 Å². The first-order valence-corrected chi connectivity index (χ1v) is 9.18. The molecule has 1 aromatic carbocycles. The van der Waals surface area contributed by atoms with Gasteiger partial charge in [0.1, 0.15) is 17.4 Å². The minimum atomic E-state index is -1.57. The molecule has 3 N–H and O–H groups in total. The Bertz CT molecular complexity index is 1050. The van der Waals surface area contributed by atoms with Gasteiger partial charge in [-0.2, -0.15) is 0 Å². The average Bonchev–Trinajstić information content (AvgIpc) is 3.10. The molecule has 0 bridgehead atoms. The average molecular weight is 403 g/mol. The molecule has 9 nitrogen and oxygen atoms in total. The molecule has 29 heavy (non-hydrogen) atoms. The first-order chi connectivity index (χ1) is 13.7. The van der Waals surface area contributed by atoms with E-state index in [1.807, 2.05) is 0 Å². The minimum Gasteiger partial charge on any atom is -0.481 e. The van der Waals surface area contributed by atoms with Crippen molar-refractivity contribution in [2.24, 2.45) is 0 Å². The first kappa shape index (κ1) is 20.4. The van der Waals surface area contributed by atoms with Gasteiger partial charge in [0.15, 0.2) is 6.10 Å². The number of aryl methyl sites for hydroxylation is 2. The van der Waals surface area contributed by atoms with Gasteiger partial charge in [0, 0.05) is 5.56 Å². The van der Waals surface area contributed by atoms with Gasteiger partial charge in [-0.15, -0.1) is 0 Å². The van der Waals surface area contributed by atoms with E-state index in [1.165, 1.54) is 6.92 Å². The summed E-state index contributed by atoms with van der Waals surface area (Å²) in [6.45, 7) is 3.22. The van der Waals surface area contributed by atoms with E-state index >= 15 is 0 Å². The number of fused-ring (bicyclic) bond motifs is 3. The Balaban J connectivity index is 1.90. The van der Waals surface area contributed by atoms with E-state index in [-0.39, 0.29) is 5.63 Å². The molecule has 1 aliphatic rings. The highest BCUT2D eigenvalue weighted by Gasteiger charge is 2.28. The van der Waals surface area contributed by atoms with Crippen molar-refractivity contribution in [2.75, 3.05) is 0 Å². The molecule has 0 saturated carbocycles. The van der Waals surface area contributed by atoms with E-state index < -0.39 is 36.4 Å². The van der Waals surface area contributed by atoms with Gasteiger partial charge in [-0.1, -0.05) is 0 Å². The highest BCUT2D eigenvalue weighted by Crippen LogP contribution is 2.35. The van der Waals surface area contributed by atoms with Crippen LogP contribution in [-0.2, 0) is 27.2 Å². The van der Waals surface area contributed by atoms with Gasteiger partial charge < -0.3 is 24.7 Å². The van der Waals surface area contributed by atoms with E-state index in [1.54, 1.807) is 19.1 Å². The van der Waals surface area contributed by atoms with Crippen LogP contribution >= 0.6 is 0 Å². The lowest BCUT2D eigenvalue weighted by molar-refractivity contribution is -0.147. The van der Waals surface area contributed by atoms with Crippen molar-refractivity contribution in [2.45, 2.75) is 51.7 Å². The van der Waals surface area contributed by atoms with Crippen molar-refractivity contribution < 1.29 is 33.8 Å². The molecule has 1 heterocycles. The normalized spacial score (nSPS) is 14.8. The van der Waals surface area contributed by atoms with Crippen LogP contribution in [-0.4, -0.2) is 40.2 Å². The van der Waals surface area contributed by atoms with E-state index in [4.69, 9.17) is 19.4 Å². The van der Waals surface area contributed by atoms with E-state index in [0.717, 1.165) is 17.5 Å². The van der Waals surface area contributed by atoms with Gasteiger partial charge in [0.25, 0.3) is 5.91 Å². The fourth-order valence-corrected chi connectivity index (χ4v) is 3.51. The zero-order chi connectivity index (χ0) is 21.3. The third-order valence-electron chi connectivity index (χ3n) is 4.85. The Hall–Kier alpha value is -3.36. The molecule has 0 unspecified atom stereocenters. The molecular formula is C20H21NO8. The summed E-state index contributed by atoms with van der Waals surface area (Å²) < 4.78 is 11.2. The van der Waals surface area contributed by atoms with Crippen molar-refractivity contribution in [3.05, 3.63) is 39.2 Å². The van der Waals surface area contributed by atoms with Crippen molar-refractivity contribution in [3.8, 4) is 5.75 Å². The molecule has 1 amide bonds. The molecule has 0 radical (unpaired) electrons. The third kappa shape index (κ3) is 4.23. The lowest BCUT2D eigenvalue weighted by Gasteiger charge is -2.19. The zero-order valence-corrected chi connectivity index (χ0v) is 16.0. The van der Waals surface area contributed by atoms with Crippen LogP contribution in [0.3, 0.4) is 0 Å². The number of carboxylic acids is 2. The lowest BCUT2D eigenvalue weighted by atomic mass is 10.0. The molecule has 0 saturated heterocycles. The number of carbonyl (C=O) groups excluding carboxylic acids is 1. The minimum absolute atomic E-state index is 0.356. The number of hydrogen-bond acceptors (Lipinski definition) is 6. The van der Waals surface area contributed by atoms with Crippen LogP contribution < -0.4 is 15.7 Å². The van der Waals surface area contributed by atoms with Gasteiger partial charge in [-0.25, -0.2) is 9.59 Å². The van der Waals surface area contributed by atoms with E-state index in [0.29, 0.717) is 35.1 Å². The van der Waals surface area contributed by atoms with Crippen LogP contribution in [0.5, 0.6) is 5.75 Å². The Morgan fingerprint density at radius 1 is 1.21 bits per heavy atom. The fourth-order valence-electron chi connectivity index (χ4n) is 3.51. The van der Waals surface area contributed by atoms with Gasteiger partial charge in [0.2, 0.25) is 0 Å². The molecule has 1 aromatic heterocycles. The van der Waals surface area contributed by atoms with Crippen LogP contribution in [0.2, 0.25) is 0 Å². The van der Waals surface area contributed by atoms with Gasteiger partial charge in [0.05, 0.1) is 11.8 Å². The predicted octanol–water partition coefficient (Wildman–Crippen LogP) is 1.40. The molecule has 2 aromatic rings. The second-order valence-electron chi connectivity index (χ2n) is 7.09. The Labute approximate surface area is 165 Å². The summed E-state index contributed by atoms with van der Waals surface area (Å²) in [6.07, 6.45) is 0.279. The largest absolute Gasteiger partial charge is 0.481 e. The van der Waals surface area contributed by atoms with Crippen LogP contribution in [0, 0.1) is 6.92 Å². The number of rotatable bonds is 7. The second kappa shape index (κ2) is 7.94. The van der Waals surface area contributed by atoms with Crippen molar-refractivity contribution >= 4 is 28.8 Å². The monoisotopic (exact) mass is 403 g/mol. The molecule has 2 atom stereocenters. The van der Waals surface area contributed by atoms with Crippen LogP contribution in [0.25, 0.3) is 11.0 Å². The van der Waals surface area contributed by atoms with E-state index in [2.05, 4.69) is 5.32 Å². The molecule has 0 fully saturated rings. The lowest BCUT2D eigenvalue weighted by Crippen LogP contribution is -2.47. The molecule has 0 spiro atoms. The number of aliphatic carboxylic acids is 2. The number of ether oxygens (including phenoxy) is 1. The molecule has 0 aliphatic heterocycles. The number of amides is 1. The Morgan fingerprint density at radius 2 is 1.90 bits per heavy atom. The molecule has 9 heteroatoms. The van der Waals surface area contributed by atoms with Crippen LogP contribution in [0.15, 0.2) is 21.3 Å². The van der Waals surface area contributed by atoms with Crippen LogP contribution in [0.4, 0.5) is 0 Å². The van der Waals surface area contributed by atoms with Crippen molar-refractivity contribution in [1.29, 1.82) is 0 Å². The zero-order valence-electron chi connectivity index (χ0n) is 16.0. The third-order valence-corrected chi connectivity index (χ3v) is 4.85. The molecule has 1 aliphatic carbocycles. The summed E-state index contributed by atoms with van der Waals surface area (Å²) in [7, 11) is 0. The summed E-state index contributed by atoms with van der Waals surface area (Å²) in [5.74, 6) is -3.20. The fraction of sp³-hybridized carbons (Fsp3) is 0.400. The second-order valence-corrected chi connectivity index (χ2v) is 7.09. The number of carbonyl (C=O) groups is 3. The SMILES string of the molecule is Cc1cc(O[C@H](C)C(=O)N[C@@H](CC(=O)O)C(=O)O)c2c3c(c(=O)oc2c1)CCC3. The smallest absolute Gasteiger partial charge is 0.339 e.